The summed E-state index contributed by atoms with van der Waals surface area (Å²) in [5.74, 6) is 0.505. The van der Waals surface area contributed by atoms with Gasteiger partial charge in [0.1, 0.15) is 6.33 Å². The highest BCUT2D eigenvalue weighted by Gasteiger charge is 2.45. The molecule has 9 heteroatoms. The molecule has 3 atom stereocenters. The van der Waals surface area contributed by atoms with Gasteiger partial charge in [0, 0.05) is 37.4 Å². The van der Waals surface area contributed by atoms with E-state index in [0.29, 0.717) is 35.9 Å². The van der Waals surface area contributed by atoms with Gasteiger partial charge >= 0.3 is 0 Å². The molecule has 31 heavy (non-hydrogen) atoms. The summed E-state index contributed by atoms with van der Waals surface area (Å²) < 4.78 is 23.6. The molecule has 8 nitrogen and oxygen atoms in total. The van der Waals surface area contributed by atoms with Crippen molar-refractivity contribution in [2.75, 3.05) is 31.2 Å². The van der Waals surface area contributed by atoms with Gasteiger partial charge in [0.2, 0.25) is 5.91 Å². The minimum atomic E-state index is -2.66. The molecule has 3 fully saturated rings. The first-order chi connectivity index (χ1) is 14.7. The number of carbonyl (C=O) groups is 2. The average Bonchev–Trinajstić information content (AvgIpc) is 2.72. The third-order valence-electron chi connectivity index (χ3n) is 6.83. The number of nitrogens with zero attached hydrogens (tertiary/aromatic N) is 4. The second kappa shape index (κ2) is 8.58. The van der Waals surface area contributed by atoms with Gasteiger partial charge in [-0.15, -0.1) is 0 Å². The van der Waals surface area contributed by atoms with Gasteiger partial charge < -0.3 is 9.64 Å². The first kappa shape index (κ1) is 22.3. The molecule has 0 aromatic carbocycles. The van der Waals surface area contributed by atoms with Crippen LogP contribution in [0.1, 0.15) is 55.6 Å². The lowest BCUT2D eigenvalue weighted by molar-refractivity contribution is -0.155. The topological polar surface area (TPSA) is 102 Å². The molecular formula is C22H32N4O4S. The van der Waals surface area contributed by atoms with Gasteiger partial charge in [-0.1, -0.05) is 0 Å². The normalized spacial score (nSPS) is 31.2. The lowest BCUT2D eigenvalue weighted by Gasteiger charge is -2.46. The summed E-state index contributed by atoms with van der Waals surface area (Å²) >= 11 is 0. The van der Waals surface area contributed by atoms with Crippen LogP contribution in [0.4, 0.5) is 0 Å². The van der Waals surface area contributed by atoms with E-state index in [-0.39, 0.29) is 23.8 Å². The summed E-state index contributed by atoms with van der Waals surface area (Å²) in [5, 5.41) is 0. The van der Waals surface area contributed by atoms with E-state index in [4.69, 9.17) is 4.74 Å². The van der Waals surface area contributed by atoms with Crippen molar-refractivity contribution in [2.24, 2.45) is 21.6 Å². The maximum Gasteiger partial charge on any atom is 0.288 e. The Hall–Kier alpha value is -1.87. The van der Waals surface area contributed by atoms with E-state index < -0.39 is 21.1 Å². The minimum absolute atomic E-state index is 0.0521. The van der Waals surface area contributed by atoms with Crippen molar-refractivity contribution in [3.8, 4) is 0 Å². The summed E-state index contributed by atoms with van der Waals surface area (Å²) in [7, 11) is -2.66. The van der Waals surface area contributed by atoms with Crippen LogP contribution < -0.4 is 0 Å². The number of aromatic nitrogens is 2. The van der Waals surface area contributed by atoms with Crippen LogP contribution >= 0.6 is 0 Å². The summed E-state index contributed by atoms with van der Waals surface area (Å²) in [6.07, 6.45) is 6.74. The summed E-state index contributed by atoms with van der Waals surface area (Å²) in [4.78, 5) is 35.9. The van der Waals surface area contributed by atoms with Crippen molar-refractivity contribution < 1.29 is 18.5 Å². The Labute approximate surface area is 184 Å². The van der Waals surface area contributed by atoms with Crippen molar-refractivity contribution in [3.63, 3.8) is 0 Å². The second-order valence-electron chi connectivity index (χ2n) is 9.78. The molecule has 2 bridgehead atoms. The van der Waals surface area contributed by atoms with E-state index in [9.17, 15) is 13.8 Å². The molecule has 1 aromatic rings. The van der Waals surface area contributed by atoms with E-state index >= 15 is 0 Å². The third-order valence-corrected chi connectivity index (χ3v) is 9.31. The zero-order valence-electron chi connectivity index (χ0n) is 18.6. The highest BCUT2D eigenvalue weighted by molar-refractivity contribution is 7.94. The van der Waals surface area contributed by atoms with Crippen LogP contribution in [0, 0.1) is 24.2 Å². The molecule has 3 aliphatic heterocycles. The predicted molar refractivity (Wildman–Crippen MR) is 117 cm³/mol. The SMILES string of the molecule is Cc1ncncc1C(=O)N=S1(=O)CC2CC(CN(C(=O)C(C)(C)C3CCCCO3)C2)C1. The Morgan fingerprint density at radius 1 is 1.23 bits per heavy atom. The van der Waals surface area contributed by atoms with Crippen molar-refractivity contribution >= 4 is 21.5 Å². The standard InChI is InChI=1S/C22H32N4O4S/c1-15-18(9-23-14-24-15)20(27)25-31(29)12-16-8-17(13-31)11-26(10-16)21(28)22(2,3)19-6-4-5-7-30-19/h9,14,16-17,19H,4-8,10-13H2,1-3H3. The Morgan fingerprint density at radius 3 is 2.55 bits per heavy atom. The fraction of sp³-hybridized carbons (Fsp3) is 0.727. The molecule has 170 valence electrons. The maximum atomic E-state index is 13.5. The monoisotopic (exact) mass is 448 g/mol. The molecule has 1 aromatic heterocycles. The van der Waals surface area contributed by atoms with Gasteiger partial charge in [-0.3, -0.25) is 9.59 Å². The highest BCUT2D eigenvalue weighted by atomic mass is 32.2. The van der Waals surface area contributed by atoms with E-state index in [1.54, 1.807) is 6.92 Å². The van der Waals surface area contributed by atoms with E-state index in [1.165, 1.54) is 12.5 Å². The first-order valence-corrected chi connectivity index (χ1v) is 13.0. The van der Waals surface area contributed by atoms with E-state index in [1.807, 2.05) is 18.7 Å². The minimum Gasteiger partial charge on any atom is -0.377 e. The zero-order valence-corrected chi connectivity index (χ0v) is 19.4. The van der Waals surface area contributed by atoms with E-state index in [0.717, 1.165) is 32.3 Å². The molecule has 4 heterocycles. The molecule has 0 radical (unpaired) electrons. The van der Waals surface area contributed by atoms with Crippen LogP contribution in [-0.4, -0.2) is 68.2 Å². The molecule has 4 rings (SSSR count). The number of ether oxygens (including phenoxy) is 1. The molecule has 2 amide bonds. The smallest absolute Gasteiger partial charge is 0.288 e. The fourth-order valence-corrected chi connectivity index (χ4v) is 7.90. The van der Waals surface area contributed by atoms with Crippen molar-refractivity contribution in [1.29, 1.82) is 0 Å². The van der Waals surface area contributed by atoms with Crippen LogP contribution in [0.2, 0.25) is 0 Å². The summed E-state index contributed by atoms with van der Waals surface area (Å²) in [6, 6.07) is 0. The van der Waals surface area contributed by atoms with Gasteiger partial charge in [0.25, 0.3) is 5.91 Å². The Kier molecular flexibility index (Phi) is 6.18. The number of aryl methyl sites for hydroxylation is 1. The van der Waals surface area contributed by atoms with Gasteiger partial charge in [-0.05, 0) is 58.3 Å². The first-order valence-electron chi connectivity index (χ1n) is 11.1. The largest absolute Gasteiger partial charge is 0.377 e. The number of likely N-dealkylation sites (tertiary alicyclic amines) is 1. The number of fused-ring (bicyclic) bond motifs is 2. The summed E-state index contributed by atoms with van der Waals surface area (Å²) in [5.41, 5.74) is 0.261. The zero-order chi connectivity index (χ0) is 22.2. The quantitative estimate of drug-likeness (QED) is 0.704. The molecule has 3 saturated heterocycles. The van der Waals surface area contributed by atoms with Gasteiger partial charge in [0.05, 0.1) is 32.5 Å². The number of carbonyl (C=O) groups excluding carboxylic acids is 2. The average molecular weight is 449 g/mol. The molecule has 3 aliphatic rings. The highest BCUT2D eigenvalue weighted by Crippen LogP contribution is 2.37. The molecular weight excluding hydrogens is 416 g/mol. The number of piperidine rings is 1. The summed E-state index contributed by atoms with van der Waals surface area (Å²) in [6.45, 7) is 7.54. The Bertz CT molecular complexity index is 959. The molecule has 0 spiro atoms. The van der Waals surface area contributed by atoms with Crippen LogP contribution in [0.15, 0.2) is 16.9 Å². The van der Waals surface area contributed by atoms with Crippen LogP contribution in [0.25, 0.3) is 0 Å². The number of amides is 2. The van der Waals surface area contributed by atoms with Crippen LogP contribution in [-0.2, 0) is 19.3 Å². The molecule has 0 N–H and O–H groups in total. The van der Waals surface area contributed by atoms with Crippen LogP contribution in [0.3, 0.4) is 0 Å². The van der Waals surface area contributed by atoms with Gasteiger partial charge in [0.15, 0.2) is 0 Å². The van der Waals surface area contributed by atoms with Crippen LogP contribution in [0.5, 0.6) is 0 Å². The third kappa shape index (κ3) is 4.67. The predicted octanol–water partition coefficient (Wildman–Crippen LogP) is 2.47. The van der Waals surface area contributed by atoms with Gasteiger partial charge in [-0.25, -0.2) is 14.2 Å². The Balaban J connectivity index is 1.47. The van der Waals surface area contributed by atoms with Crippen molar-refractivity contribution in [1.82, 2.24) is 14.9 Å². The number of rotatable bonds is 3. The molecule has 0 aliphatic carbocycles. The second-order valence-corrected chi connectivity index (χ2v) is 12.2. The fourth-order valence-electron chi connectivity index (χ4n) is 5.26. The Morgan fingerprint density at radius 2 is 1.94 bits per heavy atom. The van der Waals surface area contributed by atoms with Crippen molar-refractivity contribution in [3.05, 3.63) is 23.8 Å². The maximum absolute atomic E-state index is 13.5. The number of hydrogen-bond acceptors (Lipinski definition) is 6. The lowest BCUT2D eigenvalue weighted by atomic mass is 9.80. The number of hydrogen-bond donors (Lipinski definition) is 0. The van der Waals surface area contributed by atoms with Gasteiger partial charge in [-0.2, -0.15) is 4.36 Å². The molecule has 3 unspecified atom stereocenters. The molecule has 0 saturated carbocycles. The van der Waals surface area contributed by atoms with E-state index in [2.05, 4.69) is 14.3 Å². The van der Waals surface area contributed by atoms with Crippen molar-refractivity contribution in [2.45, 2.75) is 52.6 Å². The lowest BCUT2D eigenvalue weighted by Crippen LogP contribution is -2.56.